The molecule has 0 spiro atoms. The summed E-state index contributed by atoms with van der Waals surface area (Å²) in [6.45, 7) is 11.2. The van der Waals surface area contributed by atoms with Crippen LogP contribution in [0, 0.1) is 17.8 Å². The van der Waals surface area contributed by atoms with Crippen LogP contribution in [0.1, 0.15) is 46.5 Å². The van der Waals surface area contributed by atoms with Crippen molar-refractivity contribution in [3.8, 4) is 11.8 Å². The van der Waals surface area contributed by atoms with E-state index in [0.29, 0.717) is 19.4 Å². The van der Waals surface area contributed by atoms with E-state index in [9.17, 15) is 4.79 Å². The smallest absolute Gasteiger partial charge is 0.310 e. The summed E-state index contributed by atoms with van der Waals surface area (Å²) in [7, 11) is -2.49. The summed E-state index contributed by atoms with van der Waals surface area (Å²) in [6, 6.07) is 21.3. The van der Waals surface area contributed by atoms with Gasteiger partial charge in [-0.3, -0.25) is 4.79 Å². The lowest BCUT2D eigenvalue weighted by Gasteiger charge is -2.43. The molecule has 0 N–H and O–H groups in total. The van der Waals surface area contributed by atoms with E-state index in [-0.39, 0.29) is 23.0 Å². The molecule has 2 atom stereocenters. The second-order valence-electron chi connectivity index (χ2n) is 9.32. The lowest BCUT2D eigenvalue weighted by Crippen LogP contribution is -2.66. The number of carbonyl (C=O) groups excluding carboxylic acids is 1. The number of unbranched alkanes of at least 4 members (excludes halogenated alkanes) is 1. The van der Waals surface area contributed by atoms with Crippen molar-refractivity contribution >= 4 is 24.7 Å². The first-order valence-electron chi connectivity index (χ1n) is 11.4. The highest BCUT2D eigenvalue weighted by atomic mass is 28.4. The third-order valence-corrected chi connectivity index (χ3v) is 11.0. The maximum atomic E-state index is 11.8. The van der Waals surface area contributed by atoms with E-state index in [4.69, 9.17) is 9.16 Å². The van der Waals surface area contributed by atoms with Gasteiger partial charge in [-0.2, -0.15) is 0 Å². The third kappa shape index (κ3) is 5.41. The van der Waals surface area contributed by atoms with Gasteiger partial charge >= 0.3 is 5.97 Å². The van der Waals surface area contributed by atoms with Crippen LogP contribution in [0.5, 0.6) is 0 Å². The van der Waals surface area contributed by atoms with Crippen LogP contribution < -0.4 is 10.4 Å². The number of ether oxygens (including phenoxy) is 1. The second kappa shape index (κ2) is 10.8. The standard InChI is InChI=1S/C28H34O3Si/c1-5-15-23-22-24(31-27(23)29)16-9-8-14-21-30-32(28(2,3)4,25-17-10-6-11-18-25)26-19-12-7-13-20-26/h5-7,10-13,17-20,23-24H,1,8,14-15,21-22H2,2-4H3/t23-,24-/m0/s1. The predicted molar refractivity (Wildman–Crippen MR) is 133 cm³/mol. The minimum atomic E-state index is -2.49. The Kier molecular flexibility index (Phi) is 8.12. The second-order valence-corrected chi connectivity index (χ2v) is 13.6. The van der Waals surface area contributed by atoms with Crippen molar-refractivity contribution in [2.75, 3.05) is 6.61 Å². The van der Waals surface area contributed by atoms with Crippen LogP contribution in [0.25, 0.3) is 0 Å². The third-order valence-electron chi connectivity index (χ3n) is 5.99. The van der Waals surface area contributed by atoms with Gasteiger partial charge in [-0.15, -0.1) is 6.58 Å². The molecule has 0 radical (unpaired) electrons. The molecule has 2 aromatic carbocycles. The Morgan fingerprint density at radius 3 is 2.22 bits per heavy atom. The SMILES string of the molecule is C=CC[C@H]1C[C@H](C#CCCCO[Si](c2ccccc2)(c2ccccc2)C(C)(C)C)OC1=O. The van der Waals surface area contributed by atoms with Gasteiger partial charge in [0.1, 0.15) is 0 Å². The lowest BCUT2D eigenvalue weighted by molar-refractivity contribution is -0.142. The quantitative estimate of drug-likeness (QED) is 0.191. The molecule has 3 rings (SSSR count). The van der Waals surface area contributed by atoms with Crippen LogP contribution in [0.2, 0.25) is 5.04 Å². The average Bonchev–Trinajstić information content (AvgIpc) is 3.13. The number of allylic oxidation sites excluding steroid dienone is 1. The summed E-state index contributed by atoms with van der Waals surface area (Å²) >= 11 is 0. The van der Waals surface area contributed by atoms with E-state index in [0.717, 1.165) is 12.8 Å². The molecule has 3 nitrogen and oxygen atoms in total. The van der Waals surface area contributed by atoms with Gasteiger partial charge in [0.2, 0.25) is 0 Å². The minimum Gasteiger partial charge on any atom is -0.449 e. The molecule has 168 valence electrons. The molecule has 0 aromatic heterocycles. The average molecular weight is 447 g/mol. The molecule has 0 bridgehead atoms. The van der Waals surface area contributed by atoms with E-state index in [2.05, 4.69) is 99.9 Å². The molecule has 1 heterocycles. The monoisotopic (exact) mass is 446 g/mol. The van der Waals surface area contributed by atoms with Crippen molar-refractivity contribution in [3.63, 3.8) is 0 Å². The summed E-state index contributed by atoms with van der Waals surface area (Å²) in [5, 5.41) is 2.55. The normalized spacial score (nSPS) is 18.5. The summed E-state index contributed by atoms with van der Waals surface area (Å²) in [4.78, 5) is 11.8. The number of cyclic esters (lactones) is 1. The van der Waals surface area contributed by atoms with Crippen molar-refractivity contribution in [1.29, 1.82) is 0 Å². The highest BCUT2D eigenvalue weighted by Gasteiger charge is 2.49. The molecule has 0 aliphatic carbocycles. The largest absolute Gasteiger partial charge is 0.449 e. The Bertz CT molecular complexity index is 911. The van der Waals surface area contributed by atoms with Crippen molar-refractivity contribution in [3.05, 3.63) is 73.3 Å². The lowest BCUT2D eigenvalue weighted by atomic mass is 10.0. The van der Waals surface area contributed by atoms with E-state index in [1.54, 1.807) is 6.08 Å². The Morgan fingerprint density at radius 2 is 1.69 bits per heavy atom. The summed E-state index contributed by atoms with van der Waals surface area (Å²) in [5.74, 6) is 6.07. The minimum absolute atomic E-state index is 0.0282. The number of carbonyl (C=O) groups is 1. The Morgan fingerprint density at radius 1 is 1.09 bits per heavy atom. The Hall–Kier alpha value is -2.61. The molecule has 1 fully saturated rings. The van der Waals surface area contributed by atoms with E-state index >= 15 is 0 Å². The van der Waals surface area contributed by atoms with Gasteiger partial charge in [0.25, 0.3) is 8.32 Å². The maximum Gasteiger partial charge on any atom is 0.310 e. The van der Waals surface area contributed by atoms with Gasteiger partial charge in [0.05, 0.1) is 5.92 Å². The fraction of sp³-hybridized carbons (Fsp3) is 0.393. The molecular weight excluding hydrogens is 412 g/mol. The predicted octanol–water partition coefficient (Wildman–Crippen LogP) is 4.85. The number of hydrogen-bond donors (Lipinski definition) is 0. The van der Waals surface area contributed by atoms with Crippen LogP contribution in [-0.4, -0.2) is 27.0 Å². The summed E-state index contributed by atoms with van der Waals surface area (Å²) < 4.78 is 12.2. The first-order valence-corrected chi connectivity index (χ1v) is 13.3. The molecular formula is C28H34O3Si. The summed E-state index contributed by atoms with van der Waals surface area (Å²) in [6.07, 6.45) is 4.36. The molecule has 32 heavy (non-hydrogen) atoms. The van der Waals surface area contributed by atoms with Gasteiger partial charge in [0, 0.05) is 19.4 Å². The first-order chi connectivity index (χ1) is 15.4. The molecule has 0 saturated carbocycles. The van der Waals surface area contributed by atoms with E-state index < -0.39 is 8.32 Å². The van der Waals surface area contributed by atoms with Gasteiger partial charge in [-0.05, 0) is 28.3 Å². The van der Waals surface area contributed by atoms with Crippen LogP contribution in [0.15, 0.2) is 73.3 Å². The molecule has 1 saturated heterocycles. The van der Waals surface area contributed by atoms with Crippen LogP contribution in [0.3, 0.4) is 0 Å². The zero-order chi connectivity index (χ0) is 23.0. The highest BCUT2D eigenvalue weighted by molar-refractivity contribution is 6.99. The van der Waals surface area contributed by atoms with Gasteiger partial charge in [-0.1, -0.05) is 99.4 Å². The molecule has 0 unspecified atom stereocenters. The number of benzene rings is 2. The number of esters is 1. The van der Waals surface area contributed by atoms with Crippen LogP contribution >= 0.6 is 0 Å². The highest BCUT2D eigenvalue weighted by Crippen LogP contribution is 2.36. The van der Waals surface area contributed by atoms with Gasteiger partial charge in [0.15, 0.2) is 6.10 Å². The van der Waals surface area contributed by atoms with E-state index in [1.807, 2.05) is 0 Å². The summed E-state index contributed by atoms with van der Waals surface area (Å²) in [5.41, 5.74) is 0. The van der Waals surface area contributed by atoms with Crippen LogP contribution in [0.4, 0.5) is 0 Å². The molecule has 4 heteroatoms. The maximum absolute atomic E-state index is 11.8. The first kappa shape index (κ1) is 24.0. The fourth-order valence-corrected chi connectivity index (χ4v) is 9.06. The zero-order valence-corrected chi connectivity index (χ0v) is 20.5. The van der Waals surface area contributed by atoms with E-state index in [1.165, 1.54) is 10.4 Å². The molecule has 2 aromatic rings. The molecule has 0 amide bonds. The van der Waals surface area contributed by atoms with Crippen molar-refractivity contribution in [2.24, 2.45) is 5.92 Å². The topological polar surface area (TPSA) is 35.5 Å². The van der Waals surface area contributed by atoms with Gasteiger partial charge in [-0.25, -0.2) is 0 Å². The molecule has 1 aliphatic rings. The molecule has 1 aliphatic heterocycles. The van der Waals surface area contributed by atoms with Crippen molar-refractivity contribution < 1.29 is 14.0 Å². The fourth-order valence-electron chi connectivity index (χ4n) is 4.45. The van der Waals surface area contributed by atoms with Crippen molar-refractivity contribution in [1.82, 2.24) is 0 Å². The zero-order valence-electron chi connectivity index (χ0n) is 19.5. The van der Waals surface area contributed by atoms with Gasteiger partial charge < -0.3 is 9.16 Å². The number of rotatable bonds is 8. The number of hydrogen-bond acceptors (Lipinski definition) is 3. The van der Waals surface area contributed by atoms with Crippen molar-refractivity contribution in [2.45, 2.75) is 57.6 Å². The Balaban J connectivity index is 1.69. The van der Waals surface area contributed by atoms with Crippen LogP contribution in [-0.2, 0) is 14.0 Å². The Labute approximate surface area is 194 Å².